The Labute approximate surface area is 110 Å². The Morgan fingerprint density at radius 3 is 2.74 bits per heavy atom. The lowest BCUT2D eigenvalue weighted by molar-refractivity contribution is 0.155. The van der Waals surface area contributed by atoms with Crippen LogP contribution in [0, 0.1) is 11.3 Å². The Kier molecular flexibility index (Phi) is 4.83. The van der Waals surface area contributed by atoms with E-state index in [1.165, 1.54) is 6.07 Å². The molecule has 19 heavy (non-hydrogen) atoms. The van der Waals surface area contributed by atoms with Gasteiger partial charge in [-0.25, -0.2) is 18.2 Å². The molecule has 0 atom stereocenters. The number of rotatable bonds is 5. The Hall–Kier alpha value is -2.14. The van der Waals surface area contributed by atoms with Crippen LogP contribution in [-0.4, -0.2) is 32.4 Å². The van der Waals surface area contributed by atoms with Crippen LogP contribution in [-0.2, 0) is 21.0 Å². The van der Waals surface area contributed by atoms with Gasteiger partial charge in [0.15, 0.2) is 14.9 Å². The Morgan fingerprint density at radius 1 is 1.53 bits per heavy atom. The van der Waals surface area contributed by atoms with Crippen molar-refractivity contribution in [2.75, 3.05) is 12.9 Å². The van der Waals surface area contributed by atoms with E-state index >= 15 is 0 Å². The molecule has 8 heteroatoms. The van der Waals surface area contributed by atoms with E-state index in [-0.39, 0.29) is 17.2 Å². The molecule has 1 amide bonds. The Morgan fingerprint density at radius 2 is 2.21 bits per heavy atom. The number of nitrogens with zero attached hydrogens (tertiary/aromatic N) is 2. The molecule has 102 valence electrons. The molecule has 1 rings (SSSR count). The maximum absolute atomic E-state index is 11.5. The van der Waals surface area contributed by atoms with Crippen LogP contribution in [0.1, 0.15) is 17.7 Å². The van der Waals surface area contributed by atoms with Crippen molar-refractivity contribution < 1.29 is 17.9 Å². The number of aromatic nitrogens is 1. The van der Waals surface area contributed by atoms with Gasteiger partial charge < -0.3 is 10.5 Å². The van der Waals surface area contributed by atoms with Gasteiger partial charge in [0.05, 0.1) is 12.2 Å². The van der Waals surface area contributed by atoms with Crippen molar-refractivity contribution in [3.8, 4) is 6.07 Å². The molecule has 0 spiro atoms. The standard InChI is InChI=1S/C11H13N3O4S/c1-19(16,17)10-8(7-12)4-5-9(14-10)3-2-6-18-11(13)15/h4-5H,2-3,6H2,1H3,(H2,13,15). The van der Waals surface area contributed by atoms with Crippen molar-refractivity contribution in [1.82, 2.24) is 4.98 Å². The molecule has 2 N–H and O–H groups in total. The third-order valence-electron chi connectivity index (χ3n) is 2.21. The summed E-state index contributed by atoms with van der Waals surface area (Å²) in [7, 11) is -3.55. The highest BCUT2D eigenvalue weighted by Crippen LogP contribution is 2.14. The average molecular weight is 283 g/mol. The Bertz CT molecular complexity index is 619. The molecule has 1 aromatic rings. The summed E-state index contributed by atoms with van der Waals surface area (Å²) in [6.07, 6.45) is 1.02. The lowest BCUT2D eigenvalue weighted by atomic mass is 10.2. The molecule has 0 saturated carbocycles. The van der Waals surface area contributed by atoms with Gasteiger partial charge in [0, 0.05) is 11.9 Å². The topological polar surface area (TPSA) is 123 Å². The highest BCUT2D eigenvalue weighted by Gasteiger charge is 2.15. The van der Waals surface area contributed by atoms with Gasteiger partial charge in [0.25, 0.3) is 0 Å². The van der Waals surface area contributed by atoms with Gasteiger partial charge in [-0.2, -0.15) is 5.26 Å². The van der Waals surface area contributed by atoms with Crippen molar-refractivity contribution in [2.24, 2.45) is 5.73 Å². The number of primary amides is 1. The van der Waals surface area contributed by atoms with Crippen LogP contribution in [0.25, 0.3) is 0 Å². The fourth-order valence-electron chi connectivity index (χ4n) is 1.41. The summed E-state index contributed by atoms with van der Waals surface area (Å²) in [6.45, 7) is 0.130. The van der Waals surface area contributed by atoms with Crippen molar-refractivity contribution in [3.63, 3.8) is 0 Å². The molecule has 1 heterocycles. The van der Waals surface area contributed by atoms with Crippen LogP contribution in [0.3, 0.4) is 0 Å². The smallest absolute Gasteiger partial charge is 0.404 e. The minimum Gasteiger partial charge on any atom is -0.450 e. The number of nitriles is 1. The van der Waals surface area contributed by atoms with Gasteiger partial charge in [0.1, 0.15) is 6.07 Å². The number of ether oxygens (including phenoxy) is 1. The van der Waals surface area contributed by atoms with Gasteiger partial charge in [-0.05, 0) is 25.0 Å². The quantitative estimate of drug-likeness (QED) is 0.779. The fraction of sp³-hybridized carbons (Fsp3) is 0.364. The summed E-state index contributed by atoms with van der Waals surface area (Å²) < 4.78 is 27.5. The van der Waals surface area contributed by atoms with E-state index in [9.17, 15) is 13.2 Å². The average Bonchev–Trinajstić information content (AvgIpc) is 2.33. The minimum absolute atomic E-state index is 0.0136. The van der Waals surface area contributed by atoms with Gasteiger partial charge in [-0.15, -0.1) is 0 Å². The monoisotopic (exact) mass is 283 g/mol. The number of carbonyl (C=O) groups excluding carboxylic acids is 1. The second-order valence-electron chi connectivity index (χ2n) is 3.81. The van der Waals surface area contributed by atoms with Crippen LogP contribution in [0.15, 0.2) is 17.2 Å². The lowest BCUT2D eigenvalue weighted by Gasteiger charge is -2.05. The molecule has 0 aliphatic heterocycles. The van der Waals surface area contributed by atoms with E-state index in [0.29, 0.717) is 18.5 Å². The van der Waals surface area contributed by atoms with Crippen molar-refractivity contribution in [1.29, 1.82) is 5.26 Å². The normalized spacial score (nSPS) is 10.7. The number of hydrogen-bond acceptors (Lipinski definition) is 6. The van der Waals surface area contributed by atoms with Crippen LogP contribution in [0.5, 0.6) is 0 Å². The number of carbonyl (C=O) groups is 1. The predicted molar refractivity (Wildman–Crippen MR) is 65.9 cm³/mol. The van der Waals surface area contributed by atoms with Crippen molar-refractivity contribution >= 4 is 15.9 Å². The summed E-state index contributed by atoms with van der Waals surface area (Å²) in [4.78, 5) is 14.3. The van der Waals surface area contributed by atoms with Crippen molar-refractivity contribution in [2.45, 2.75) is 17.9 Å². The summed E-state index contributed by atoms with van der Waals surface area (Å²) >= 11 is 0. The van der Waals surface area contributed by atoms with Crippen LogP contribution in [0.4, 0.5) is 4.79 Å². The molecule has 0 fully saturated rings. The molecule has 0 aromatic carbocycles. The Balaban J connectivity index is 2.83. The van der Waals surface area contributed by atoms with Gasteiger partial charge >= 0.3 is 6.09 Å². The number of amides is 1. The van der Waals surface area contributed by atoms with Crippen LogP contribution >= 0.6 is 0 Å². The van der Waals surface area contributed by atoms with Gasteiger partial charge in [0.2, 0.25) is 0 Å². The second-order valence-corrected chi connectivity index (χ2v) is 5.74. The molecular formula is C11H13N3O4S. The first-order valence-corrected chi connectivity index (χ1v) is 7.26. The van der Waals surface area contributed by atoms with E-state index in [0.717, 1.165) is 6.26 Å². The summed E-state index contributed by atoms with van der Waals surface area (Å²) in [6, 6.07) is 4.76. The van der Waals surface area contributed by atoms with Gasteiger partial charge in [-0.3, -0.25) is 0 Å². The predicted octanol–water partition coefficient (Wildman–Crippen LogP) is 0.385. The zero-order valence-electron chi connectivity index (χ0n) is 10.3. The maximum atomic E-state index is 11.5. The molecule has 0 radical (unpaired) electrons. The second kappa shape index (κ2) is 6.15. The van der Waals surface area contributed by atoms with Crippen LogP contribution in [0.2, 0.25) is 0 Å². The molecule has 0 aliphatic rings. The largest absolute Gasteiger partial charge is 0.450 e. The number of nitrogens with two attached hydrogens (primary N) is 1. The summed E-state index contributed by atoms with van der Waals surface area (Å²) in [5, 5.41) is 8.59. The molecule has 0 saturated heterocycles. The van der Waals surface area contributed by atoms with E-state index in [2.05, 4.69) is 9.72 Å². The number of pyridine rings is 1. The maximum Gasteiger partial charge on any atom is 0.404 e. The summed E-state index contributed by atoms with van der Waals surface area (Å²) in [5.41, 5.74) is 5.32. The van der Waals surface area contributed by atoms with E-state index in [1.54, 1.807) is 12.1 Å². The molecule has 0 aliphatic carbocycles. The third kappa shape index (κ3) is 4.56. The first kappa shape index (κ1) is 14.9. The first-order chi connectivity index (χ1) is 8.84. The molecule has 7 nitrogen and oxygen atoms in total. The highest BCUT2D eigenvalue weighted by atomic mass is 32.2. The summed E-state index contributed by atoms with van der Waals surface area (Å²) in [5.74, 6) is 0. The zero-order valence-corrected chi connectivity index (χ0v) is 11.1. The number of sulfone groups is 1. The van der Waals surface area contributed by atoms with E-state index in [4.69, 9.17) is 11.0 Å². The minimum atomic E-state index is -3.55. The molecule has 1 aromatic heterocycles. The SMILES string of the molecule is CS(=O)(=O)c1nc(CCCOC(N)=O)ccc1C#N. The zero-order chi connectivity index (χ0) is 14.5. The fourth-order valence-corrected chi connectivity index (χ4v) is 2.21. The van der Waals surface area contributed by atoms with Crippen molar-refractivity contribution in [3.05, 3.63) is 23.4 Å². The van der Waals surface area contributed by atoms with Gasteiger partial charge in [-0.1, -0.05) is 0 Å². The van der Waals surface area contributed by atoms with Crippen LogP contribution < -0.4 is 5.73 Å². The van der Waals surface area contributed by atoms with E-state index < -0.39 is 15.9 Å². The molecular weight excluding hydrogens is 270 g/mol. The number of hydrogen-bond donors (Lipinski definition) is 1. The number of aryl methyl sites for hydroxylation is 1. The molecule has 0 unspecified atom stereocenters. The first-order valence-electron chi connectivity index (χ1n) is 5.37. The van der Waals surface area contributed by atoms with E-state index in [1.807, 2.05) is 0 Å². The molecule has 0 bridgehead atoms. The lowest BCUT2D eigenvalue weighted by Crippen LogP contribution is -2.14. The third-order valence-corrected chi connectivity index (χ3v) is 3.22. The highest BCUT2D eigenvalue weighted by molar-refractivity contribution is 7.90.